The number of nitrogens with zero attached hydrogens (tertiary/aromatic N) is 3. The number of hydrogen-bond donors (Lipinski definition) is 2. The number of fused-ring (bicyclic) bond motifs is 1. The van der Waals surface area contributed by atoms with E-state index in [-0.39, 0.29) is 29.0 Å². The Labute approximate surface area is 145 Å². The molecule has 0 saturated heterocycles. The monoisotopic (exact) mass is 343 g/mol. The minimum Gasteiger partial charge on any atom is -0.398 e. The fraction of sp³-hybridized carbons (Fsp3) is 0.412. The lowest BCUT2D eigenvalue weighted by Crippen LogP contribution is -2.33. The summed E-state index contributed by atoms with van der Waals surface area (Å²) in [5.41, 5.74) is 8.18. The normalized spacial score (nSPS) is 16.5. The molecule has 3 N–H and O–H groups in total. The van der Waals surface area contributed by atoms with Crippen molar-refractivity contribution in [3.8, 4) is 0 Å². The Balaban J connectivity index is 1.90. The lowest BCUT2D eigenvalue weighted by Gasteiger charge is -2.26. The maximum atomic E-state index is 12.7. The Morgan fingerprint density at radius 3 is 2.92 bits per heavy atom. The van der Waals surface area contributed by atoms with Crippen LogP contribution >= 0.6 is 0 Å². The van der Waals surface area contributed by atoms with Gasteiger partial charge in [-0.2, -0.15) is 5.10 Å². The van der Waals surface area contributed by atoms with Gasteiger partial charge in [-0.3, -0.25) is 19.6 Å². The third kappa shape index (κ3) is 3.19. The van der Waals surface area contributed by atoms with Crippen molar-refractivity contribution in [3.05, 3.63) is 51.3 Å². The molecule has 25 heavy (non-hydrogen) atoms. The second kappa shape index (κ2) is 6.54. The molecule has 0 aliphatic heterocycles. The highest BCUT2D eigenvalue weighted by atomic mass is 16.6. The van der Waals surface area contributed by atoms with Crippen LogP contribution < -0.4 is 11.1 Å². The highest BCUT2D eigenvalue weighted by Crippen LogP contribution is 2.32. The number of amides is 1. The second-order valence-electron chi connectivity index (χ2n) is 6.54. The number of nitrogen functional groups attached to an aromatic ring is 1. The van der Waals surface area contributed by atoms with Crippen LogP contribution in [-0.2, 0) is 6.42 Å². The maximum absolute atomic E-state index is 12.7. The Hall–Kier alpha value is -2.90. The van der Waals surface area contributed by atoms with Gasteiger partial charge in [-0.15, -0.1) is 0 Å². The molecule has 1 heterocycles. The predicted molar refractivity (Wildman–Crippen MR) is 93.3 cm³/mol. The van der Waals surface area contributed by atoms with E-state index in [0.717, 1.165) is 30.5 Å². The average Bonchev–Trinajstić information content (AvgIpc) is 3.00. The summed E-state index contributed by atoms with van der Waals surface area (Å²) in [6.07, 6.45) is 4.54. The minimum atomic E-state index is -0.539. The van der Waals surface area contributed by atoms with E-state index in [4.69, 9.17) is 5.73 Å². The molecule has 0 spiro atoms. The van der Waals surface area contributed by atoms with Gasteiger partial charge in [0, 0.05) is 23.9 Å². The first-order chi connectivity index (χ1) is 11.9. The minimum absolute atomic E-state index is 0.122. The van der Waals surface area contributed by atoms with Gasteiger partial charge in [0.25, 0.3) is 11.6 Å². The first-order valence-corrected chi connectivity index (χ1v) is 8.29. The molecule has 1 aromatic heterocycles. The van der Waals surface area contributed by atoms with E-state index in [2.05, 4.69) is 10.4 Å². The number of carbonyl (C=O) groups excluding carboxylic acids is 1. The Kier molecular flexibility index (Phi) is 4.43. The number of nitrogens with one attached hydrogen (secondary N) is 1. The summed E-state index contributed by atoms with van der Waals surface area (Å²) >= 11 is 0. The van der Waals surface area contributed by atoms with Crippen molar-refractivity contribution >= 4 is 17.3 Å². The van der Waals surface area contributed by atoms with Crippen molar-refractivity contribution in [1.82, 2.24) is 15.1 Å². The molecular weight excluding hydrogens is 322 g/mol. The quantitative estimate of drug-likeness (QED) is 0.503. The second-order valence-corrected chi connectivity index (χ2v) is 6.54. The SMILES string of the molecule is CC(C)n1ncc2c1[C@@H](NC(=O)c1cc([N+](=O)[O-])ccc1N)CCC2. The molecule has 2 aromatic rings. The van der Waals surface area contributed by atoms with Crippen LogP contribution in [0.25, 0.3) is 0 Å². The van der Waals surface area contributed by atoms with Crippen molar-refractivity contribution in [2.45, 2.75) is 45.2 Å². The van der Waals surface area contributed by atoms with Gasteiger partial charge in [0.05, 0.1) is 28.4 Å². The Morgan fingerprint density at radius 1 is 1.48 bits per heavy atom. The number of hydrogen-bond acceptors (Lipinski definition) is 5. The zero-order valence-electron chi connectivity index (χ0n) is 14.2. The predicted octanol–water partition coefficient (Wildman–Crippen LogP) is 2.76. The van der Waals surface area contributed by atoms with Crippen LogP contribution in [0.15, 0.2) is 24.4 Å². The zero-order chi connectivity index (χ0) is 18.1. The molecule has 132 valence electrons. The first-order valence-electron chi connectivity index (χ1n) is 8.29. The molecule has 1 aromatic carbocycles. The van der Waals surface area contributed by atoms with E-state index in [1.54, 1.807) is 0 Å². The van der Waals surface area contributed by atoms with Crippen molar-refractivity contribution in [2.24, 2.45) is 0 Å². The molecule has 8 heteroatoms. The van der Waals surface area contributed by atoms with Gasteiger partial charge < -0.3 is 11.1 Å². The maximum Gasteiger partial charge on any atom is 0.270 e. The van der Waals surface area contributed by atoms with Gasteiger partial charge >= 0.3 is 0 Å². The molecule has 0 saturated carbocycles. The largest absolute Gasteiger partial charge is 0.398 e. The molecule has 1 aliphatic rings. The number of carbonyl (C=O) groups is 1. The molecule has 0 fully saturated rings. The summed E-state index contributed by atoms with van der Waals surface area (Å²) in [7, 11) is 0. The van der Waals surface area contributed by atoms with E-state index in [0.29, 0.717) is 0 Å². The highest BCUT2D eigenvalue weighted by molar-refractivity contribution is 6.00. The van der Waals surface area contributed by atoms with Crippen LogP contribution in [0.4, 0.5) is 11.4 Å². The fourth-order valence-electron chi connectivity index (χ4n) is 3.26. The molecule has 1 amide bonds. The van der Waals surface area contributed by atoms with Crippen LogP contribution in [0.2, 0.25) is 0 Å². The summed E-state index contributed by atoms with van der Waals surface area (Å²) in [4.78, 5) is 23.1. The number of aromatic nitrogens is 2. The van der Waals surface area contributed by atoms with Crippen LogP contribution in [0.3, 0.4) is 0 Å². The summed E-state index contributed by atoms with van der Waals surface area (Å²) in [6, 6.07) is 3.90. The molecule has 0 radical (unpaired) electrons. The van der Waals surface area contributed by atoms with Gasteiger partial charge in [-0.05, 0) is 44.7 Å². The summed E-state index contributed by atoms with van der Waals surface area (Å²) in [5.74, 6) is -0.407. The lowest BCUT2D eigenvalue weighted by atomic mass is 9.93. The fourth-order valence-corrected chi connectivity index (χ4v) is 3.26. The topological polar surface area (TPSA) is 116 Å². The first kappa shape index (κ1) is 16.9. The summed E-state index contributed by atoms with van der Waals surface area (Å²) in [5, 5.41) is 18.4. The van der Waals surface area contributed by atoms with E-state index in [1.807, 2.05) is 24.7 Å². The molecule has 1 aliphatic carbocycles. The number of non-ortho nitro benzene ring substituents is 1. The smallest absolute Gasteiger partial charge is 0.270 e. The van der Waals surface area contributed by atoms with Gasteiger partial charge in [-0.1, -0.05) is 0 Å². The molecule has 3 rings (SSSR count). The summed E-state index contributed by atoms with van der Waals surface area (Å²) < 4.78 is 1.93. The number of benzene rings is 1. The molecule has 1 atom stereocenters. The van der Waals surface area contributed by atoms with E-state index >= 15 is 0 Å². The average molecular weight is 343 g/mol. The highest BCUT2D eigenvalue weighted by Gasteiger charge is 2.28. The lowest BCUT2D eigenvalue weighted by molar-refractivity contribution is -0.384. The zero-order valence-corrected chi connectivity index (χ0v) is 14.2. The van der Waals surface area contributed by atoms with E-state index in [1.165, 1.54) is 18.2 Å². The summed E-state index contributed by atoms with van der Waals surface area (Å²) in [6.45, 7) is 4.08. The van der Waals surface area contributed by atoms with Gasteiger partial charge in [0.1, 0.15) is 0 Å². The Bertz CT molecular complexity index is 828. The number of nitro benzene ring substituents is 1. The number of aryl methyl sites for hydroxylation is 1. The molecule has 0 bridgehead atoms. The van der Waals surface area contributed by atoms with Crippen LogP contribution in [0, 0.1) is 10.1 Å². The number of anilines is 1. The van der Waals surface area contributed by atoms with Crippen molar-refractivity contribution in [2.75, 3.05) is 5.73 Å². The standard InChI is InChI=1S/C17H21N5O3/c1-10(2)21-16-11(9-19-21)4-3-5-15(16)20-17(23)13-8-12(22(24)25)6-7-14(13)18/h6-10,15H,3-5,18H2,1-2H3,(H,20,23)/t15-/m0/s1. The van der Waals surface area contributed by atoms with Gasteiger partial charge in [0.15, 0.2) is 0 Å². The van der Waals surface area contributed by atoms with Gasteiger partial charge in [-0.25, -0.2) is 0 Å². The third-order valence-electron chi connectivity index (χ3n) is 4.47. The number of nitrogens with two attached hydrogens (primary N) is 1. The molecule has 0 unspecified atom stereocenters. The van der Waals surface area contributed by atoms with Crippen molar-refractivity contribution in [3.63, 3.8) is 0 Å². The van der Waals surface area contributed by atoms with Crippen molar-refractivity contribution in [1.29, 1.82) is 0 Å². The van der Waals surface area contributed by atoms with Crippen LogP contribution in [-0.4, -0.2) is 20.6 Å². The Morgan fingerprint density at radius 2 is 2.24 bits per heavy atom. The molecular formula is C17H21N5O3. The van der Waals surface area contributed by atoms with Gasteiger partial charge in [0.2, 0.25) is 0 Å². The van der Waals surface area contributed by atoms with Crippen LogP contribution in [0.1, 0.15) is 60.4 Å². The number of nitro groups is 1. The van der Waals surface area contributed by atoms with Crippen LogP contribution in [0.5, 0.6) is 0 Å². The third-order valence-corrected chi connectivity index (χ3v) is 4.47. The van der Waals surface area contributed by atoms with Crippen molar-refractivity contribution < 1.29 is 9.72 Å². The van der Waals surface area contributed by atoms with E-state index in [9.17, 15) is 14.9 Å². The number of rotatable bonds is 4. The molecule has 8 nitrogen and oxygen atoms in total. The van der Waals surface area contributed by atoms with E-state index < -0.39 is 10.8 Å².